The van der Waals surface area contributed by atoms with E-state index >= 15 is 0 Å². The molecule has 1 heterocycles. The van der Waals surface area contributed by atoms with Gasteiger partial charge in [-0.25, -0.2) is 9.59 Å². The van der Waals surface area contributed by atoms with Crippen LogP contribution < -0.4 is 15.4 Å². The van der Waals surface area contributed by atoms with Gasteiger partial charge in [0.1, 0.15) is 5.60 Å². The summed E-state index contributed by atoms with van der Waals surface area (Å²) in [7, 11) is -0.00970. The van der Waals surface area contributed by atoms with Crippen molar-refractivity contribution in [1.82, 2.24) is 15.1 Å². The molecule has 1 aromatic rings. The first-order chi connectivity index (χ1) is 13.9. The summed E-state index contributed by atoms with van der Waals surface area (Å²) in [5.41, 5.74) is 0.330. The molecule has 0 radical (unpaired) electrons. The Kier molecular flexibility index (Phi) is 7.93. The van der Waals surface area contributed by atoms with Gasteiger partial charge >= 0.3 is 12.1 Å². The van der Waals surface area contributed by atoms with Crippen molar-refractivity contribution in [1.29, 1.82) is 0 Å². The Hall–Kier alpha value is -2.06. The molecule has 0 spiro atoms. The van der Waals surface area contributed by atoms with Gasteiger partial charge in [0, 0.05) is 45.5 Å². The van der Waals surface area contributed by atoms with Crippen molar-refractivity contribution in [2.75, 3.05) is 50.8 Å². The van der Waals surface area contributed by atoms with Crippen LogP contribution >= 0.6 is 0 Å². The molecule has 7 nitrogen and oxygen atoms in total. The molecule has 1 aliphatic heterocycles. The molecular formula is C22H38N4O3Si. The zero-order chi connectivity index (χ0) is 22.5. The Morgan fingerprint density at radius 1 is 1.17 bits per heavy atom. The lowest BCUT2D eigenvalue weighted by atomic mass is 10.2. The molecule has 0 aliphatic carbocycles. The zero-order valence-corrected chi connectivity index (χ0v) is 20.6. The number of amides is 3. The molecule has 0 bridgehead atoms. The highest BCUT2D eigenvalue weighted by molar-refractivity contribution is 6.90. The largest absolute Gasteiger partial charge is 0.443 e. The standard InChI is InChI=1S/C22H38N4O3Si/c1-8-23-20(27)26-14-12-25(13-15-26)17-30(6,7)19-11-9-10-18(16-19)24(5)21(28)29-22(2,3)4/h9-11,16H,8,12-15,17H2,1-7H3,(H,23,27). The number of piperazine rings is 1. The van der Waals surface area contributed by atoms with E-state index in [0.717, 1.165) is 38.0 Å². The van der Waals surface area contributed by atoms with Crippen molar-refractivity contribution in [3.63, 3.8) is 0 Å². The molecule has 3 amide bonds. The van der Waals surface area contributed by atoms with E-state index in [0.29, 0.717) is 6.54 Å². The fraction of sp³-hybridized carbons (Fsp3) is 0.636. The molecule has 1 N–H and O–H groups in total. The third-order valence-electron chi connectivity index (χ3n) is 5.29. The summed E-state index contributed by atoms with van der Waals surface area (Å²) >= 11 is 0. The lowest BCUT2D eigenvalue weighted by Crippen LogP contribution is -2.58. The summed E-state index contributed by atoms with van der Waals surface area (Å²) in [4.78, 5) is 30.4. The fourth-order valence-corrected chi connectivity index (χ4v) is 6.30. The number of carbonyl (C=O) groups excluding carboxylic acids is 2. The minimum Gasteiger partial charge on any atom is -0.443 e. The highest BCUT2D eigenvalue weighted by Gasteiger charge is 2.30. The van der Waals surface area contributed by atoms with E-state index in [2.05, 4.69) is 35.4 Å². The number of urea groups is 1. The fourth-order valence-electron chi connectivity index (χ4n) is 3.59. The average molecular weight is 435 g/mol. The quantitative estimate of drug-likeness (QED) is 0.724. The topological polar surface area (TPSA) is 65.1 Å². The molecule has 168 valence electrons. The van der Waals surface area contributed by atoms with Gasteiger partial charge in [0.25, 0.3) is 0 Å². The van der Waals surface area contributed by atoms with Crippen LogP contribution in [0, 0.1) is 0 Å². The summed E-state index contributed by atoms with van der Waals surface area (Å²) < 4.78 is 5.50. The minimum absolute atomic E-state index is 0.0338. The molecule has 1 aromatic carbocycles. The second kappa shape index (κ2) is 9.83. The van der Waals surface area contributed by atoms with Crippen LogP contribution in [0.2, 0.25) is 13.1 Å². The number of anilines is 1. The maximum Gasteiger partial charge on any atom is 0.414 e. The van der Waals surface area contributed by atoms with Crippen molar-refractivity contribution in [2.24, 2.45) is 0 Å². The number of ether oxygens (including phenoxy) is 1. The highest BCUT2D eigenvalue weighted by Crippen LogP contribution is 2.18. The summed E-state index contributed by atoms with van der Waals surface area (Å²) in [6.07, 6.45) is 0.677. The van der Waals surface area contributed by atoms with Gasteiger partial charge in [-0.3, -0.25) is 4.90 Å². The van der Waals surface area contributed by atoms with Gasteiger partial charge in [-0.1, -0.05) is 30.4 Å². The predicted molar refractivity (Wildman–Crippen MR) is 125 cm³/mol. The lowest BCUT2D eigenvalue weighted by Gasteiger charge is -2.38. The van der Waals surface area contributed by atoms with Crippen molar-refractivity contribution in [3.8, 4) is 0 Å². The van der Waals surface area contributed by atoms with Crippen molar-refractivity contribution in [3.05, 3.63) is 24.3 Å². The summed E-state index contributed by atoms with van der Waals surface area (Å²) in [5, 5.41) is 4.19. The van der Waals surface area contributed by atoms with Gasteiger partial charge in [-0.2, -0.15) is 0 Å². The normalized spacial score (nSPS) is 15.6. The molecule has 0 aromatic heterocycles. The third-order valence-corrected chi connectivity index (χ3v) is 8.40. The molecule has 0 unspecified atom stereocenters. The second-order valence-electron chi connectivity index (χ2n) is 9.57. The van der Waals surface area contributed by atoms with Crippen LogP contribution in [0.25, 0.3) is 0 Å². The number of hydrogen-bond donors (Lipinski definition) is 1. The van der Waals surface area contributed by atoms with Crippen LogP contribution in [0.15, 0.2) is 24.3 Å². The van der Waals surface area contributed by atoms with Crippen molar-refractivity contribution < 1.29 is 14.3 Å². The first-order valence-electron chi connectivity index (χ1n) is 10.8. The highest BCUT2D eigenvalue weighted by atomic mass is 28.3. The van der Waals surface area contributed by atoms with Gasteiger partial charge in [0.2, 0.25) is 0 Å². The molecule has 8 heteroatoms. The maximum atomic E-state index is 12.4. The van der Waals surface area contributed by atoms with E-state index in [1.165, 1.54) is 5.19 Å². The van der Waals surface area contributed by atoms with Gasteiger partial charge in [-0.05, 0) is 46.0 Å². The first kappa shape index (κ1) is 24.2. The second-order valence-corrected chi connectivity index (χ2v) is 14.2. The van der Waals surface area contributed by atoms with Gasteiger partial charge < -0.3 is 19.9 Å². The van der Waals surface area contributed by atoms with Crippen LogP contribution in [-0.2, 0) is 4.74 Å². The Balaban J connectivity index is 2.02. The first-order valence-corrected chi connectivity index (χ1v) is 14.0. The molecule has 30 heavy (non-hydrogen) atoms. The van der Waals surface area contributed by atoms with Gasteiger partial charge in [0.15, 0.2) is 0 Å². The Bertz CT molecular complexity index is 740. The smallest absolute Gasteiger partial charge is 0.414 e. The molecule has 1 saturated heterocycles. The summed E-state index contributed by atoms with van der Waals surface area (Å²) in [6.45, 7) is 16.2. The lowest BCUT2D eigenvalue weighted by molar-refractivity contribution is 0.0589. The van der Waals surface area contributed by atoms with E-state index in [1.807, 2.05) is 44.7 Å². The van der Waals surface area contributed by atoms with E-state index < -0.39 is 13.7 Å². The average Bonchev–Trinajstić information content (AvgIpc) is 2.66. The Morgan fingerprint density at radius 3 is 2.37 bits per heavy atom. The summed E-state index contributed by atoms with van der Waals surface area (Å²) in [5.74, 6) is 0. The van der Waals surface area contributed by atoms with Crippen LogP contribution in [0.4, 0.5) is 15.3 Å². The molecule has 1 aliphatic rings. The van der Waals surface area contributed by atoms with E-state index in [-0.39, 0.29) is 12.1 Å². The number of nitrogens with one attached hydrogen (secondary N) is 1. The number of carbonyl (C=O) groups is 2. The van der Waals surface area contributed by atoms with Crippen molar-refractivity contribution >= 4 is 31.1 Å². The van der Waals surface area contributed by atoms with Gasteiger partial charge in [0.05, 0.1) is 8.07 Å². The van der Waals surface area contributed by atoms with E-state index in [4.69, 9.17) is 4.74 Å². The number of benzene rings is 1. The monoisotopic (exact) mass is 434 g/mol. The SMILES string of the molecule is CCNC(=O)N1CCN(C[Si](C)(C)c2cccc(N(C)C(=O)OC(C)(C)C)c2)CC1. The molecule has 2 rings (SSSR count). The molecule has 0 saturated carbocycles. The number of hydrogen-bond acceptors (Lipinski definition) is 4. The van der Waals surface area contributed by atoms with Crippen molar-refractivity contribution in [2.45, 2.75) is 46.4 Å². The van der Waals surface area contributed by atoms with Crippen LogP contribution in [0.5, 0.6) is 0 Å². The van der Waals surface area contributed by atoms with Crippen LogP contribution in [-0.4, -0.2) is 81.5 Å². The zero-order valence-electron chi connectivity index (χ0n) is 19.6. The van der Waals surface area contributed by atoms with Crippen LogP contribution in [0.3, 0.4) is 0 Å². The maximum absolute atomic E-state index is 12.4. The molecule has 0 atom stereocenters. The third kappa shape index (κ3) is 6.73. The number of nitrogens with zero attached hydrogens (tertiary/aromatic N) is 3. The van der Waals surface area contributed by atoms with E-state index in [1.54, 1.807) is 11.9 Å². The molecular weight excluding hydrogens is 396 g/mol. The summed E-state index contributed by atoms with van der Waals surface area (Å²) in [6, 6.07) is 8.30. The number of rotatable bonds is 5. The Labute approximate surface area is 182 Å². The minimum atomic E-state index is -1.76. The Morgan fingerprint density at radius 2 is 1.80 bits per heavy atom. The molecule has 1 fully saturated rings. The van der Waals surface area contributed by atoms with E-state index in [9.17, 15) is 9.59 Å². The van der Waals surface area contributed by atoms with Gasteiger partial charge in [-0.15, -0.1) is 0 Å². The predicted octanol–water partition coefficient (Wildman–Crippen LogP) is 2.86. The van der Waals surface area contributed by atoms with Crippen LogP contribution in [0.1, 0.15) is 27.7 Å².